The predicted octanol–water partition coefficient (Wildman–Crippen LogP) is 3.80. The Bertz CT molecular complexity index is 546. The Kier molecular flexibility index (Phi) is 5.19. The van der Waals surface area contributed by atoms with Crippen molar-refractivity contribution in [3.63, 3.8) is 0 Å². The summed E-state index contributed by atoms with van der Waals surface area (Å²) in [6.07, 6.45) is 0. The Hall–Kier alpha value is -1.10. The zero-order valence-corrected chi connectivity index (χ0v) is 12.8. The highest BCUT2D eigenvalue weighted by Crippen LogP contribution is 2.17. The molecule has 100 valence electrons. The van der Waals surface area contributed by atoms with E-state index in [2.05, 4.69) is 26.2 Å². The van der Waals surface area contributed by atoms with Crippen LogP contribution in [0, 0.1) is 0 Å². The smallest absolute Gasteiger partial charge is 0.129 e. The topological polar surface area (TPSA) is 34.1 Å². The molecule has 1 aromatic carbocycles. The molecule has 0 fully saturated rings. The van der Waals surface area contributed by atoms with Crippen LogP contribution < -0.4 is 10.1 Å². The maximum Gasteiger partial charge on any atom is 0.129 e. The van der Waals surface area contributed by atoms with Gasteiger partial charge in [-0.3, -0.25) is 0 Å². The molecule has 0 bridgehead atoms. The molecule has 3 nitrogen and oxygen atoms in total. The number of nitrogens with one attached hydrogen (secondary N) is 1. The summed E-state index contributed by atoms with van der Waals surface area (Å²) >= 11 is 9.33. The second-order valence-electron chi connectivity index (χ2n) is 4.01. The van der Waals surface area contributed by atoms with Crippen LogP contribution in [-0.2, 0) is 13.1 Å². The number of benzene rings is 1. The maximum absolute atomic E-state index is 5.87. The third-order valence-corrected chi connectivity index (χ3v) is 3.60. The Morgan fingerprint density at radius 1 is 1.16 bits per heavy atom. The lowest BCUT2D eigenvalue weighted by molar-refractivity contribution is 0.414. The first-order chi connectivity index (χ1) is 9.19. The van der Waals surface area contributed by atoms with E-state index in [1.54, 1.807) is 13.2 Å². The normalized spacial score (nSPS) is 10.5. The third kappa shape index (κ3) is 4.20. The Morgan fingerprint density at radius 2 is 1.89 bits per heavy atom. The van der Waals surface area contributed by atoms with Gasteiger partial charge in [-0.1, -0.05) is 23.7 Å². The molecule has 0 saturated carbocycles. The van der Waals surface area contributed by atoms with Crippen molar-refractivity contribution < 1.29 is 4.74 Å². The van der Waals surface area contributed by atoms with Crippen molar-refractivity contribution >= 4 is 27.5 Å². The monoisotopic (exact) mass is 340 g/mol. The first-order valence-corrected chi connectivity index (χ1v) is 7.00. The fraction of sp³-hybridized carbons (Fsp3) is 0.214. The number of halogens is 2. The van der Waals surface area contributed by atoms with Crippen LogP contribution in [0.15, 0.2) is 40.9 Å². The van der Waals surface area contributed by atoms with Gasteiger partial charge < -0.3 is 10.1 Å². The average Bonchev–Trinajstić information content (AvgIpc) is 2.43. The maximum atomic E-state index is 5.87. The summed E-state index contributed by atoms with van der Waals surface area (Å²) in [5.41, 5.74) is 2.10. The highest BCUT2D eigenvalue weighted by molar-refractivity contribution is 9.10. The molecule has 0 spiro atoms. The fourth-order valence-electron chi connectivity index (χ4n) is 1.65. The van der Waals surface area contributed by atoms with Gasteiger partial charge in [0.2, 0.25) is 0 Å². The van der Waals surface area contributed by atoms with E-state index in [0.29, 0.717) is 11.7 Å². The standard InChI is InChI=1S/C14H14BrClN2O/c1-19-11-4-2-10(3-5-11)8-17-9-13-12(15)6-7-14(16)18-13/h2-7,17H,8-9H2,1H3. The summed E-state index contributed by atoms with van der Waals surface area (Å²) in [4.78, 5) is 4.27. The van der Waals surface area contributed by atoms with E-state index in [-0.39, 0.29) is 0 Å². The van der Waals surface area contributed by atoms with Crippen LogP contribution in [0.2, 0.25) is 5.15 Å². The Balaban J connectivity index is 1.90. The van der Waals surface area contributed by atoms with E-state index in [9.17, 15) is 0 Å². The van der Waals surface area contributed by atoms with Crippen molar-refractivity contribution in [2.75, 3.05) is 7.11 Å². The van der Waals surface area contributed by atoms with E-state index in [0.717, 1.165) is 22.5 Å². The second-order valence-corrected chi connectivity index (χ2v) is 5.26. The molecule has 0 unspecified atom stereocenters. The molecule has 0 aliphatic carbocycles. The van der Waals surface area contributed by atoms with Crippen LogP contribution >= 0.6 is 27.5 Å². The molecule has 1 heterocycles. The summed E-state index contributed by atoms with van der Waals surface area (Å²) < 4.78 is 6.08. The summed E-state index contributed by atoms with van der Waals surface area (Å²) in [6, 6.07) is 11.6. The van der Waals surface area contributed by atoms with E-state index >= 15 is 0 Å². The predicted molar refractivity (Wildman–Crippen MR) is 80.5 cm³/mol. The average molecular weight is 342 g/mol. The summed E-state index contributed by atoms with van der Waals surface area (Å²) in [6.45, 7) is 1.43. The van der Waals surface area contributed by atoms with Crippen LogP contribution in [0.1, 0.15) is 11.3 Å². The van der Waals surface area contributed by atoms with Crippen LogP contribution in [0.3, 0.4) is 0 Å². The molecule has 1 N–H and O–H groups in total. The second kappa shape index (κ2) is 6.89. The van der Waals surface area contributed by atoms with Gasteiger partial charge in [0.05, 0.1) is 12.8 Å². The van der Waals surface area contributed by atoms with Crippen molar-refractivity contribution in [2.24, 2.45) is 0 Å². The van der Waals surface area contributed by atoms with Crippen LogP contribution in [-0.4, -0.2) is 12.1 Å². The number of pyridine rings is 1. The van der Waals surface area contributed by atoms with Gasteiger partial charge >= 0.3 is 0 Å². The molecule has 5 heteroatoms. The van der Waals surface area contributed by atoms with E-state index in [4.69, 9.17) is 16.3 Å². The Labute approximate surface area is 126 Å². The molecule has 0 radical (unpaired) electrons. The molecule has 0 aliphatic rings. The zero-order chi connectivity index (χ0) is 13.7. The molecule has 19 heavy (non-hydrogen) atoms. The summed E-state index contributed by atoms with van der Waals surface area (Å²) in [7, 11) is 1.66. The molecule has 2 rings (SSSR count). The SMILES string of the molecule is COc1ccc(CNCc2nc(Cl)ccc2Br)cc1. The number of aromatic nitrogens is 1. The minimum Gasteiger partial charge on any atom is -0.497 e. The molecule has 0 amide bonds. The third-order valence-electron chi connectivity index (χ3n) is 2.67. The van der Waals surface area contributed by atoms with Crippen molar-refractivity contribution in [1.82, 2.24) is 10.3 Å². The lowest BCUT2D eigenvalue weighted by Crippen LogP contribution is -2.14. The first kappa shape index (κ1) is 14.3. The lowest BCUT2D eigenvalue weighted by Gasteiger charge is -2.07. The molecular weight excluding hydrogens is 328 g/mol. The largest absolute Gasteiger partial charge is 0.497 e. The van der Waals surface area contributed by atoms with Gasteiger partial charge in [0, 0.05) is 17.6 Å². The van der Waals surface area contributed by atoms with E-state index in [1.807, 2.05) is 30.3 Å². The highest BCUT2D eigenvalue weighted by atomic mass is 79.9. The van der Waals surface area contributed by atoms with E-state index < -0.39 is 0 Å². The molecule has 1 aromatic heterocycles. The zero-order valence-electron chi connectivity index (χ0n) is 10.5. The van der Waals surface area contributed by atoms with Crippen molar-refractivity contribution in [1.29, 1.82) is 0 Å². The minimum atomic E-state index is 0.504. The van der Waals surface area contributed by atoms with Gasteiger partial charge in [0.1, 0.15) is 10.9 Å². The summed E-state index contributed by atoms with van der Waals surface area (Å²) in [5, 5.41) is 3.84. The van der Waals surface area contributed by atoms with Gasteiger partial charge in [0.15, 0.2) is 0 Å². The van der Waals surface area contributed by atoms with Gasteiger partial charge in [-0.05, 0) is 45.8 Å². The molecule has 2 aromatic rings. The van der Waals surface area contributed by atoms with Crippen LogP contribution in [0.5, 0.6) is 5.75 Å². The molecule has 0 saturated heterocycles. The number of ether oxygens (including phenoxy) is 1. The number of hydrogen-bond acceptors (Lipinski definition) is 3. The first-order valence-electron chi connectivity index (χ1n) is 5.83. The van der Waals surface area contributed by atoms with Crippen molar-refractivity contribution in [3.8, 4) is 5.75 Å². The number of hydrogen-bond donors (Lipinski definition) is 1. The molecular formula is C14H14BrClN2O. The minimum absolute atomic E-state index is 0.504. The molecule has 0 aliphatic heterocycles. The van der Waals surface area contributed by atoms with E-state index in [1.165, 1.54) is 5.56 Å². The van der Waals surface area contributed by atoms with Gasteiger partial charge in [0.25, 0.3) is 0 Å². The van der Waals surface area contributed by atoms with Crippen molar-refractivity contribution in [3.05, 3.63) is 57.3 Å². The quantitative estimate of drug-likeness (QED) is 0.840. The number of methoxy groups -OCH3 is 1. The highest BCUT2D eigenvalue weighted by Gasteiger charge is 2.02. The Morgan fingerprint density at radius 3 is 2.58 bits per heavy atom. The van der Waals surface area contributed by atoms with Crippen molar-refractivity contribution in [2.45, 2.75) is 13.1 Å². The lowest BCUT2D eigenvalue weighted by atomic mass is 10.2. The van der Waals surface area contributed by atoms with Crippen LogP contribution in [0.25, 0.3) is 0 Å². The molecule has 0 atom stereocenters. The summed E-state index contributed by atoms with van der Waals surface area (Å²) in [5.74, 6) is 0.864. The number of rotatable bonds is 5. The van der Waals surface area contributed by atoms with Gasteiger partial charge in [-0.2, -0.15) is 0 Å². The fourth-order valence-corrected chi connectivity index (χ4v) is 2.18. The van der Waals surface area contributed by atoms with Gasteiger partial charge in [-0.15, -0.1) is 0 Å². The number of nitrogens with zero attached hydrogens (tertiary/aromatic N) is 1. The van der Waals surface area contributed by atoms with Crippen LogP contribution in [0.4, 0.5) is 0 Å². The van der Waals surface area contributed by atoms with Gasteiger partial charge in [-0.25, -0.2) is 4.98 Å².